The number of benzene rings is 1. The van der Waals surface area contributed by atoms with Crippen LogP contribution in [0.4, 0.5) is 14.5 Å². The van der Waals surface area contributed by atoms with Crippen molar-refractivity contribution in [3.8, 4) is 0 Å². The van der Waals surface area contributed by atoms with E-state index in [4.69, 9.17) is 0 Å². The first-order valence-electron chi connectivity index (χ1n) is 6.01. The van der Waals surface area contributed by atoms with Crippen LogP contribution in [0.5, 0.6) is 0 Å². The average molecular weight is 286 g/mol. The summed E-state index contributed by atoms with van der Waals surface area (Å²) in [7, 11) is 0. The minimum absolute atomic E-state index is 0.0312. The molecule has 6 nitrogen and oxygen atoms in total. The number of rotatable bonds is 2. The number of piperidine rings is 1. The van der Waals surface area contributed by atoms with E-state index >= 15 is 0 Å². The van der Waals surface area contributed by atoms with Gasteiger partial charge < -0.3 is 10.0 Å². The van der Waals surface area contributed by atoms with E-state index in [9.17, 15) is 28.8 Å². The van der Waals surface area contributed by atoms with Crippen LogP contribution in [0.2, 0.25) is 0 Å². The SMILES string of the molecule is O=C(c1cc([N+](=O)[O-])c(F)cc1F)N1CCC[C@H](O)C1. The molecule has 0 unspecified atom stereocenters. The smallest absolute Gasteiger partial charge is 0.305 e. The van der Waals surface area contributed by atoms with Gasteiger partial charge in [0.2, 0.25) is 5.82 Å². The van der Waals surface area contributed by atoms with E-state index in [1.807, 2.05) is 0 Å². The Morgan fingerprint density at radius 2 is 2.10 bits per heavy atom. The largest absolute Gasteiger partial charge is 0.391 e. The lowest BCUT2D eigenvalue weighted by Gasteiger charge is -2.30. The van der Waals surface area contributed by atoms with Crippen molar-refractivity contribution in [3.05, 3.63) is 39.4 Å². The molecule has 1 aliphatic heterocycles. The van der Waals surface area contributed by atoms with Crippen LogP contribution in [0.1, 0.15) is 23.2 Å². The average Bonchev–Trinajstić information content (AvgIpc) is 2.37. The Bertz CT molecular complexity index is 565. The number of nitrogens with zero attached hydrogens (tertiary/aromatic N) is 2. The topological polar surface area (TPSA) is 83.7 Å². The molecule has 1 fully saturated rings. The maximum absolute atomic E-state index is 13.6. The Balaban J connectivity index is 2.34. The molecule has 0 spiro atoms. The number of carbonyl (C=O) groups is 1. The first-order valence-corrected chi connectivity index (χ1v) is 6.01. The van der Waals surface area contributed by atoms with Crippen LogP contribution in [0.15, 0.2) is 12.1 Å². The number of nitro groups is 1. The zero-order chi connectivity index (χ0) is 14.9. The number of likely N-dealkylation sites (tertiary alicyclic amines) is 1. The molecule has 1 aromatic rings. The molecular formula is C12H12F2N2O4. The predicted molar refractivity (Wildman–Crippen MR) is 64.2 cm³/mol. The zero-order valence-electron chi connectivity index (χ0n) is 10.4. The number of nitro benzene ring substituents is 1. The molecule has 1 saturated heterocycles. The van der Waals surface area contributed by atoms with Crippen molar-refractivity contribution < 1.29 is 23.6 Å². The minimum Gasteiger partial charge on any atom is -0.391 e. The van der Waals surface area contributed by atoms with Crippen molar-refractivity contribution in [2.45, 2.75) is 18.9 Å². The van der Waals surface area contributed by atoms with E-state index in [1.54, 1.807) is 0 Å². The second-order valence-corrected chi connectivity index (χ2v) is 4.59. The van der Waals surface area contributed by atoms with Gasteiger partial charge in [-0.2, -0.15) is 4.39 Å². The number of aliphatic hydroxyl groups excluding tert-OH is 1. The molecule has 1 N–H and O–H groups in total. The van der Waals surface area contributed by atoms with Gasteiger partial charge in [-0.25, -0.2) is 4.39 Å². The standard InChI is InChI=1S/C12H12F2N2O4/c13-9-5-10(14)11(16(19)20)4-8(9)12(18)15-3-1-2-7(17)6-15/h4-5,7,17H,1-3,6H2/t7-/m0/s1. The van der Waals surface area contributed by atoms with Crippen molar-refractivity contribution in [2.75, 3.05) is 13.1 Å². The van der Waals surface area contributed by atoms with Gasteiger partial charge in [-0.3, -0.25) is 14.9 Å². The van der Waals surface area contributed by atoms with Gasteiger partial charge >= 0.3 is 5.69 Å². The third-order valence-corrected chi connectivity index (χ3v) is 3.15. The number of hydrogen-bond acceptors (Lipinski definition) is 4. The molecule has 0 aromatic heterocycles. The molecule has 1 amide bonds. The number of aliphatic hydroxyl groups is 1. The Morgan fingerprint density at radius 3 is 2.70 bits per heavy atom. The van der Waals surface area contributed by atoms with Crippen LogP contribution < -0.4 is 0 Å². The fourth-order valence-corrected chi connectivity index (χ4v) is 2.15. The molecule has 20 heavy (non-hydrogen) atoms. The van der Waals surface area contributed by atoms with Crippen LogP contribution in [0.3, 0.4) is 0 Å². The summed E-state index contributed by atoms with van der Waals surface area (Å²) in [6.45, 7) is 0.351. The summed E-state index contributed by atoms with van der Waals surface area (Å²) >= 11 is 0. The highest BCUT2D eigenvalue weighted by Crippen LogP contribution is 2.23. The molecule has 2 rings (SSSR count). The highest BCUT2D eigenvalue weighted by Gasteiger charge is 2.28. The monoisotopic (exact) mass is 286 g/mol. The zero-order valence-corrected chi connectivity index (χ0v) is 10.4. The van der Waals surface area contributed by atoms with E-state index < -0.39 is 39.8 Å². The van der Waals surface area contributed by atoms with Gasteiger partial charge in [0.1, 0.15) is 5.82 Å². The first-order chi connectivity index (χ1) is 9.40. The van der Waals surface area contributed by atoms with Crippen LogP contribution >= 0.6 is 0 Å². The molecular weight excluding hydrogens is 274 g/mol. The molecule has 1 aliphatic rings. The number of amides is 1. The van der Waals surface area contributed by atoms with Gasteiger partial charge in [0, 0.05) is 25.2 Å². The fourth-order valence-electron chi connectivity index (χ4n) is 2.15. The van der Waals surface area contributed by atoms with Crippen LogP contribution in [-0.2, 0) is 0 Å². The highest BCUT2D eigenvalue weighted by molar-refractivity contribution is 5.95. The lowest BCUT2D eigenvalue weighted by atomic mass is 10.1. The van der Waals surface area contributed by atoms with Gasteiger partial charge in [-0.15, -0.1) is 0 Å². The van der Waals surface area contributed by atoms with Crippen molar-refractivity contribution in [1.82, 2.24) is 4.90 Å². The fraction of sp³-hybridized carbons (Fsp3) is 0.417. The summed E-state index contributed by atoms with van der Waals surface area (Å²) in [6.07, 6.45) is 0.388. The Hall–Kier alpha value is -2.09. The summed E-state index contributed by atoms with van der Waals surface area (Å²) in [5, 5.41) is 20.1. The molecule has 0 bridgehead atoms. The molecule has 1 heterocycles. The lowest BCUT2D eigenvalue weighted by Crippen LogP contribution is -2.42. The number of halogens is 2. The second kappa shape index (κ2) is 5.49. The summed E-state index contributed by atoms with van der Waals surface area (Å²) in [6, 6.07) is 0.916. The second-order valence-electron chi connectivity index (χ2n) is 4.59. The molecule has 1 atom stereocenters. The molecule has 1 aromatic carbocycles. The normalized spacial score (nSPS) is 18.9. The maximum Gasteiger partial charge on any atom is 0.305 e. The number of hydrogen-bond donors (Lipinski definition) is 1. The quantitative estimate of drug-likeness (QED) is 0.659. The van der Waals surface area contributed by atoms with Gasteiger partial charge in [0.05, 0.1) is 16.6 Å². The lowest BCUT2D eigenvalue weighted by molar-refractivity contribution is -0.387. The van der Waals surface area contributed by atoms with Gasteiger partial charge in [0.25, 0.3) is 5.91 Å². The van der Waals surface area contributed by atoms with E-state index in [0.29, 0.717) is 31.5 Å². The summed E-state index contributed by atoms with van der Waals surface area (Å²) in [4.78, 5) is 22.9. The molecule has 0 radical (unpaired) electrons. The van der Waals surface area contributed by atoms with Crippen LogP contribution in [0.25, 0.3) is 0 Å². The van der Waals surface area contributed by atoms with E-state index in [-0.39, 0.29) is 6.54 Å². The van der Waals surface area contributed by atoms with E-state index in [2.05, 4.69) is 0 Å². The molecule has 108 valence electrons. The van der Waals surface area contributed by atoms with Crippen LogP contribution in [-0.4, -0.2) is 40.0 Å². The van der Waals surface area contributed by atoms with Gasteiger partial charge in [0.15, 0.2) is 0 Å². The van der Waals surface area contributed by atoms with Crippen molar-refractivity contribution >= 4 is 11.6 Å². The van der Waals surface area contributed by atoms with E-state index in [1.165, 1.54) is 4.90 Å². The Labute approximate surface area is 112 Å². The van der Waals surface area contributed by atoms with Crippen molar-refractivity contribution in [2.24, 2.45) is 0 Å². The maximum atomic E-state index is 13.6. The Morgan fingerprint density at radius 1 is 1.40 bits per heavy atom. The van der Waals surface area contributed by atoms with Crippen LogP contribution in [0, 0.1) is 21.7 Å². The predicted octanol–water partition coefficient (Wildman–Crippen LogP) is 1.47. The third kappa shape index (κ3) is 2.74. The molecule has 8 heteroatoms. The Kier molecular flexibility index (Phi) is 3.93. The van der Waals surface area contributed by atoms with Crippen molar-refractivity contribution in [1.29, 1.82) is 0 Å². The number of carbonyl (C=O) groups excluding carboxylic acids is 1. The summed E-state index contributed by atoms with van der Waals surface area (Å²) in [5.41, 5.74) is -1.51. The van der Waals surface area contributed by atoms with Gasteiger partial charge in [-0.1, -0.05) is 0 Å². The van der Waals surface area contributed by atoms with E-state index in [0.717, 1.165) is 0 Å². The first kappa shape index (κ1) is 14.3. The number of β-amino-alcohol motifs (C(OH)–C–C–N with tert-alkyl or cyclic N) is 1. The third-order valence-electron chi connectivity index (χ3n) is 3.15. The molecule has 0 saturated carbocycles. The van der Waals surface area contributed by atoms with Gasteiger partial charge in [-0.05, 0) is 12.8 Å². The minimum atomic E-state index is -1.33. The summed E-state index contributed by atoms with van der Waals surface area (Å²) < 4.78 is 26.8. The highest BCUT2D eigenvalue weighted by atomic mass is 19.1. The van der Waals surface area contributed by atoms with Crippen molar-refractivity contribution in [3.63, 3.8) is 0 Å². The summed E-state index contributed by atoms with van der Waals surface area (Å²) in [5.74, 6) is -3.27. The molecule has 0 aliphatic carbocycles.